The first-order valence-corrected chi connectivity index (χ1v) is 10.6. The maximum Gasteiger partial charge on any atom is 0.263 e. The van der Waals surface area contributed by atoms with Crippen LogP contribution in [0.5, 0.6) is 5.75 Å². The first-order valence-electron chi connectivity index (χ1n) is 8.35. The molecule has 2 unspecified atom stereocenters. The van der Waals surface area contributed by atoms with Crippen LogP contribution >= 0.6 is 11.6 Å². The predicted molar refractivity (Wildman–Crippen MR) is 98.5 cm³/mol. The highest BCUT2D eigenvalue weighted by molar-refractivity contribution is 7.88. The fourth-order valence-electron chi connectivity index (χ4n) is 2.97. The van der Waals surface area contributed by atoms with Crippen LogP contribution in [-0.4, -0.2) is 50.7 Å². The van der Waals surface area contributed by atoms with E-state index < -0.39 is 16.1 Å². The van der Waals surface area contributed by atoms with Gasteiger partial charge in [-0.05, 0) is 56.9 Å². The Kier molecular flexibility index (Phi) is 6.71. The monoisotopic (exact) mass is 388 g/mol. The van der Waals surface area contributed by atoms with E-state index in [1.807, 2.05) is 6.92 Å². The number of hydrogen-bond donors (Lipinski definition) is 1. The van der Waals surface area contributed by atoms with Gasteiger partial charge in [-0.1, -0.05) is 11.6 Å². The molecule has 0 aromatic heterocycles. The third kappa shape index (κ3) is 5.87. The molecule has 2 atom stereocenters. The minimum Gasteiger partial charge on any atom is -0.481 e. The zero-order chi connectivity index (χ0) is 18.6. The van der Waals surface area contributed by atoms with E-state index in [4.69, 9.17) is 16.3 Å². The highest BCUT2D eigenvalue weighted by Gasteiger charge is 2.31. The number of halogens is 1. The largest absolute Gasteiger partial charge is 0.481 e. The first kappa shape index (κ1) is 20.0. The third-order valence-corrected chi connectivity index (χ3v) is 5.21. The summed E-state index contributed by atoms with van der Waals surface area (Å²) in [5, 5.41) is 0.617. The van der Waals surface area contributed by atoms with Gasteiger partial charge >= 0.3 is 0 Å². The number of hydrogen-bond acceptors (Lipinski definition) is 4. The highest BCUT2D eigenvalue weighted by Crippen LogP contribution is 2.24. The molecule has 8 heteroatoms. The van der Waals surface area contributed by atoms with Crippen LogP contribution in [0.1, 0.15) is 31.7 Å². The summed E-state index contributed by atoms with van der Waals surface area (Å²) in [6.45, 7) is 4.43. The molecule has 1 N–H and O–H groups in total. The molecule has 1 fully saturated rings. The number of rotatable bonds is 6. The molecule has 2 rings (SSSR count). The third-order valence-electron chi connectivity index (χ3n) is 4.28. The van der Waals surface area contributed by atoms with Crippen molar-refractivity contribution in [3.8, 4) is 5.75 Å². The lowest BCUT2D eigenvalue weighted by atomic mass is 10.0. The lowest BCUT2D eigenvalue weighted by Gasteiger charge is -2.37. The minimum absolute atomic E-state index is 0.130. The molecule has 1 saturated heterocycles. The Bertz CT molecular complexity index is 723. The van der Waals surface area contributed by atoms with E-state index in [-0.39, 0.29) is 18.5 Å². The summed E-state index contributed by atoms with van der Waals surface area (Å²) in [4.78, 5) is 14.5. The van der Waals surface area contributed by atoms with Crippen LogP contribution in [0.25, 0.3) is 0 Å². The number of amides is 1. The van der Waals surface area contributed by atoms with Crippen molar-refractivity contribution < 1.29 is 17.9 Å². The van der Waals surface area contributed by atoms with Crippen LogP contribution in [0.15, 0.2) is 18.2 Å². The topological polar surface area (TPSA) is 75.7 Å². The molecule has 0 saturated carbocycles. The maximum atomic E-state index is 12.8. The van der Waals surface area contributed by atoms with Crippen LogP contribution < -0.4 is 9.46 Å². The number of nitrogens with one attached hydrogen (secondary N) is 1. The van der Waals surface area contributed by atoms with Gasteiger partial charge in [0.05, 0.1) is 6.26 Å². The van der Waals surface area contributed by atoms with E-state index in [0.717, 1.165) is 31.1 Å². The molecule has 1 aliphatic rings. The van der Waals surface area contributed by atoms with Crippen molar-refractivity contribution in [2.45, 2.75) is 45.3 Å². The number of likely N-dealkylation sites (tertiary alicyclic amines) is 1. The molecule has 0 spiro atoms. The zero-order valence-corrected chi connectivity index (χ0v) is 16.4. The Balaban J connectivity index is 2.04. The summed E-state index contributed by atoms with van der Waals surface area (Å²) in [5.41, 5.74) is 0.862. The average Bonchev–Trinajstić information content (AvgIpc) is 2.54. The van der Waals surface area contributed by atoms with Gasteiger partial charge < -0.3 is 9.64 Å². The van der Waals surface area contributed by atoms with E-state index in [2.05, 4.69) is 4.72 Å². The van der Waals surface area contributed by atoms with Crippen molar-refractivity contribution in [3.05, 3.63) is 28.8 Å². The van der Waals surface area contributed by atoms with Crippen LogP contribution in [0, 0.1) is 6.92 Å². The van der Waals surface area contributed by atoms with Crippen molar-refractivity contribution in [2.24, 2.45) is 0 Å². The smallest absolute Gasteiger partial charge is 0.263 e. The predicted octanol–water partition coefficient (Wildman–Crippen LogP) is 2.35. The number of benzene rings is 1. The summed E-state index contributed by atoms with van der Waals surface area (Å²) in [5.74, 6) is 0.488. The number of nitrogens with zero attached hydrogens (tertiary/aromatic N) is 1. The van der Waals surface area contributed by atoms with Crippen molar-refractivity contribution in [1.82, 2.24) is 9.62 Å². The molecule has 1 aliphatic heterocycles. The molecule has 25 heavy (non-hydrogen) atoms. The number of aryl methyl sites for hydroxylation is 1. The van der Waals surface area contributed by atoms with Gasteiger partial charge in [0.1, 0.15) is 5.75 Å². The molecular formula is C17H25ClN2O4S. The molecule has 1 aromatic carbocycles. The van der Waals surface area contributed by atoms with Crippen molar-refractivity contribution >= 4 is 27.5 Å². The summed E-state index contributed by atoms with van der Waals surface area (Å²) in [6.07, 6.45) is 3.13. The molecule has 0 bridgehead atoms. The van der Waals surface area contributed by atoms with Gasteiger partial charge in [0.2, 0.25) is 10.0 Å². The van der Waals surface area contributed by atoms with Gasteiger partial charge in [0, 0.05) is 24.2 Å². The number of ether oxygens (including phenoxy) is 1. The average molecular weight is 389 g/mol. The van der Waals surface area contributed by atoms with Gasteiger partial charge in [-0.3, -0.25) is 4.79 Å². The summed E-state index contributed by atoms with van der Waals surface area (Å²) in [7, 11) is -3.28. The van der Waals surface area contributed by atoms with E-state index in [1.165, 1.54) is 0 Å². The van der Waals surface area contributed by atoms with Crippen molar-refractivity contribution in [3.63, 3.8) is 0 Å². The quantitative estimate of drug-likeness (QED) is 0.811. The standard InChI is InChI=1S/C17H25ClN2O4S/c1-12-10-14(18)7-8-16(12)24-13(2)17(21)20-9-5-4-6-15(20)11-19-25(3,22)23/h7-8,10,13,15,19H,4-6,9,11H2,1-3H3. The first-order chi connectivity index (χ1) is 11.7. The zero-order valence-electron chi connectivity index (χ0n) is 14.8. The summed E-state index contributed by atoms with van der Waals surface area (Å²) < 4.78 is 31.0. The van der Waals surface area contributed by atoms with Gasteiger partial charge in [0.15, 0.2) is 6.10 Å². The number of piperidine rings is 1. The molecule has 140 valence electrons. The highest BCUT2D eigenvalue weighted by atomic mass is 35.5. The molecule has 0 radical (unpaired) electrons. The Morgan fingerprint density at radius 3 is 2.80 bits per heavy atom. The van der Waals surface area contributed by atoms with E-state index in [1.54, 1.807) is 30.0 Å². The van der Waals surface area contributed by atoms with Gasteiger partial charge in [-0.2, -0.15) is 0 Å². The number of carbonyl (C=O) groups is 1. The molecule has 1 amide bonds. The lowest BCUT2D eigenvalue weighted by molar-refractivity contribution is -0.141. The van der Waals surface area contributed by atoms with Gasteiger partial charge in [0.25, 0.3) is 5.91 Å². The molecule has 0 aliphatic carbocycles. The normalized spacial score (nSPS) is 19.5. The van der Waals surface area contributed by atoms with Crippen LogP contribution in [0.4, 0.5) is 0 Å². The van der Waals surface area contributed by atoms with Crippen LogP contribution in [0.3, 0.4) is 0 Å². The fraction of sp³-hybridized carbons (Fsp3) is 0.588. The lowest BCUT2D eigenvalue weighted by Crippen LogP contribution is -2.52. The van der Waals surface area contributed by atoms with Crippen molar-refractivity contribution in [1.29, 1.82) is 0 Å². The van der Waals surface area contributed by atoms with E-state index in [0.29, 0.717) is 17.3 Å². The molecule has 1 heterocycles. The van der Waals surface area contributed by atoms with Crippen LogP contribution in [0.2, 0.25) is 5.02 Å². The SMILES string of the molecule is Cc1cc(Cl)ccc1OC(C)C(=O)N1CCCCC1CNS(C)(=O)=O. The second-order valence-corrected chi connectivity index (χ2v) is 8.74. The Morgan fingerprint density at radius 2 is 2.16 bits per heavy atom. The second-order valence-electron chi connectivity index (χ2n) is 6.47. The Morgan fingerprint density at radius 1 is 1.44 bits per heavy atom. The fourth-order valence-corrected chi connectivity index (χ4v) is 3.69. The second kappa shape index (κ2) is 8.38. The molecular weight excluding hydrogens is 364 g/mol. The number of sulfonamides is 1. The number of carbonyl (C=O) groups excluding carboxylic acids is 1. The van der Waals surface area contributed by atoms with Crippen molar-refractivity contribution in [2.75, 3.05) is 19.3 Å². The maximum absolute atomic E-state index is 12.8. The van der Waals surface area contributed by atoms with Gasteiger partial charge in [-0.25, -0.2) is 13.1 Å². The summed E-state index contributed by atoms with van der Waals surface area (Å²) in [6, 6.07) is 5.11. The Labute approximate surface area is 154 Å². The molecule has 1 aromatic rings. The van der Waals surface area contributed by atoms with Gasteiger partial charge in [-0.15, -0.1) is 0 Å². The summed E-state index contributed by atoms with van der Waals surface area (Å²) >= 11 is 5.94. The van der Waals surface area contributed by atoms with E-state index in [9.17, 15) is 13.2 Å². The Hall–Kier alpha value is -1.31. The minimum atomic E-state index is -3.28. The molecule has 6 nitrogen and oxygen atoms in total. The van der Waals surface area contributed by atoms with E-state index >= 15 is 0 Å². The van der Waals surface area contributed by atoms with Crippen LogP contribution in [-0.2, 0) is 14.8 Å².